The molecule has 2 atom stereocenters. The fourth-order valence-electron chi connectivity index (χ4n) is 4.04. The first-order valence-corrected chi connectivity index (χ1v) is 9.21. The zero-order chi connectivity index (χ0) is 18.5. The minimum Gasteiger partial charge on any atom is -0.469 e. The van der Waals surface area contributed by atoms with Gasteiger partial charge in [0, 0.05) is 50.0 Å². The summed E-state index contributed by atoms with van der Waals surface area (Å²) in [6.07, 6.45) is 5.31. The lowest BCUT2D eigenvalue weighted by molar-refractivity contribution is -0.141. The number of carbonyl (C=O) groups excluding carboxylic acids is 1. The summed E-state index contributed by atoms with van der Waals surface area (Å²) in [5.41, 5.74) is 3.41. The van der Waals surface area contributed by atoms with Gasteiger partial charge in [-0.1, -0.05) is 25.1 Å². The molecule has 3 rings (SSSR count). The Hall–Kier alpha value is -2.27. The molecule has 2 heterocycles. The van der Waals surface area contributed by atoms with Crippen LogP contribution in [0.1, 0.15) is 36.8 Å². The molecular weight excluding hydrogens is 326 g/mol. The molecule has 1 saturated heterocycles. The number of hydrogen-bond donors (Lipinski definition) is 0. The Morgan fingerprint density at radius 1 is 1.38 bits per heavy atom. The second-order valence-electron chi connectivity index (χ2n) is 7.15. The van der Waals surface area contributed by atoms with Crippen LogP contribution in [0.25, 0.3) is 10.9 Å². The number of fused-ring (bicyclic) bond motifs is 1. The van der Waals surface area contributed by atoms with Crippen molar-refractivity contribution in [2.24, 2.45) is 10.9 Å². The van der Waals surface area contributed by atoms with Crippen LogP contribution in [0.5, 0.6) is 0 Å². The first kappa shape index (κ1) is 18.5. The number of aromatic nitrogens is 1. The van der Waals surface area contributed by atoms with Crippen LogP contribution in [0.2, 0.25) is 0 Å². The first-order chi connectivity index (χ1) is 12.6. The van der Waals surface area contributed by atoms with Crippen LogP contribution in [-0.4, -0.2) is 55.9 Å². The van der Waals surface area contributed by atoms with Gasteiger partial charge in [-0.3, -0.25) is 14.8 Å². The van der Waals surface area contributed by atoms with E-state index in [0.717, 1.165) is 37.1 Å². The highest BCUT2D eigenvalue weighted by molar-refractivity contribution is 5.98. The molecule has 1 aromatic heterocycles. The number of benzene rings is 1. The average Bonchev–Trinajstić information content (AvgIpc) is 2.66. The number of carbonyl (C=O) groups is 1. The number of esters is 1. The van der Waals surface area contributed by atoms with Gasteiger partial charge in [-0.25, -0.2) is 0 Å². The van der Waals surface area contributed by atoms with Crippen molar-refractivity contribution in [2.45, 2.75) is 25.7 Å². The molecule has 0 saturated carbocycles. The molecule has 2 aromatic rings. The van der Waals surface area contributed by atoms with Crippen molar-refractivity contribution in [2.75, 3.05) is 33.8 Å². The summed E-state index contributed by atoms with van der Waals surface area (Å²) in [6, 6.07) is 8.50. The van der Waals surface area contributed by atoms with Crippen molar-refractivity contribution in [3.05, 3.63) is 41.6 Å². The maximum absolute atomic E-state index is 11.5. The van der Waals surface area contributed by atoms with Gasteiger partial charge in [0.15, 0.2) is 0 Å². The fourth-order valence-corrected chi connectivity index (χ4v) is 4.04. The smallest absolute Gasteiger partial charge is 0.306 e. The fraction of sp³-hybridized carbons (Fsp3) is 0.476. The Morgan fingerprint density at radius 2 is 2.23 bits per heavy atom. The molecule has 5 nitrogen and oxygen atoms in total. The number of nitrogens with zero attached hydrogens (tertiary/aromatic N) is 3. The highest BCUT2D eigenvalue weighted by atomic mass is 16.5. The van der Waals surface area contributed by atoms with Crippen LogP contribution < -0.4 is 0 Å². The Balaban J connectivity index is 1.88. The van der Waals surface area contributed by atoms with E-state index in [0.29, 0.717) is 18.3 Å². The van der Waals surface area contributed by atoms with E-state index >= 15 is 0 Å². The van der Waals surface area contributed by atoms with Gasteiger partial charge < -0.3 is 9.64 Å². The zero-order valence-electron chi connectivity index (χ0n) is 15.8. The quantitative estimate of drug-likeness (QED) is 0.611. The molecule has 1 aromatic carbocycles. The molecule has 1 fully saturated rings. The van der Waals surface area contributed by atoms with Crippen LogP contribution in [0.4, 0.5) is 0 Å². The van der Waals surface area contributed by atoms with E-state index < -0.39 is 0 Å². The van der Waals surface area contributed by atoms with E-state index in [2.05, 4.69) is 40.0 Å². The summed E-state index contributed by atoms with van der Waals surface area (Å²) in [4.78, 5) is 22.6. The lowest BCUT2D eigenvalue weighted by atomic mass is 9.83. The van der Waals surface area contributed by atoms with Crippen molar-refractivity contribution in [1.82, 2.24) is 9.88 Å². The molecule has 0 radical (unpaired) electrons. The summed E-state index contributed by atoms with van der Waals surface area (Å²) in [5, 5.41) is 1.21. The standard InChI is InChI=1S/C21H27N3O2/c1-15-11-17(14-24(13-15)10-8-20(25)26-3)18-7-6-16(12-22-2)21-19(18)5-4-9-23-21/h4-7,9,12,15,17H,8,10-11,13-14H2,1-3H3/b22-12+. The van der Waals surface area contributed by atoms with Crippen LogP contribution in [0.15, 0.2) is 35.5 Å². The molecule has 1 aliphatic rings. The SMILES string of the molecule is C/N=C/c1ccc(C2CC(C)CN(CCC(=O)OC)C2)c2cccnc12. The molecular formula is C21H27N3O2. The van der Waals surface area contributed by atoms with Crippen molar-refractivity contribution in [3.8, 4) is 0 Å². The van der Waals surface area contributed by atoms with Gasteiger partial charge in [0.25, 0.3) is 0 Å². The van der Waals surface area contributed by atoms with Crippen LogP contribution in [0.3, 0.4) is 0 Å². The average molecular weight is 353 g/mol. The van der Waals surface area contributed by atoms with Crippen molar-refractivity contribution in [3.63, 3.8) is 0 Å². The number of rotatable bonds is 5. The van der Waals surface area contributed by atoms with Crippen molar-refractivity contribution < 1.29 is 9.53 Å². The summed E-state index contributed by atoms with van der Waals surface area (Å²) >= 11 is 0. The largest absolute Gasteiger partial charge is 0.469 e. The van der Waals surface area contributed by atoms with Crippen LogP contribution >= 0.6 is 0 Å². The van der Waals surface area contributed by atoms with Gasteiger partial charge in [-0.05, 0) is 29.9 Å². The summed E-state index contributed by atoms with van der Waals surface area (Å²) in [5.74, 6) is 0.892. The lowest BCUT2D eigenvalue weighted by Crippen LogP contribution is -2.39. The molecule has 0 N–H and O–H groups in total. The number of piperidine rings is 1. The number of pyridine rings is 1. The molecule has 0 bridgehead atoms. The number of likely N-dealkylation sites (tertiary alicyclic amines) is 1. The van der Waals surface area contributed by atoms with E-state index in [4.69, 9.17) is 4.74 Å². The van der Waals surface area contributed by atoms with E-state index in [1.807, 2.05) is 18.5 Å². The molecule has 2 unspecified atom stereocenters. The molecule has 0 spiro atoms. The highest BCUT2D eigenvalue weighted by Crippen LogP contribution is 2.34. The third-order valence-electron chi connectivity index (χ3n) is 5.14. The van der Waals surface area contributed by atoms with Gasteiger partial charge in [-0.2, -0.15) is 0 Å². The van der Waals surface area contributed by atoms with E-state index in [1.165, 1.54) is 18.1 Å². The van der Waals surface area contributed by atoms with E-state index in [9.17, 15) is 4.79 Å². The monoisotopic (exact) mass is 353 g/mol. The number of hydrogen-bond acceptors (Lipinski definition) is 5. The minimum atomic E-state index is -0.141. The Kier molecular flexibility index (Phi) is 5.99. The van der Waals surface area contributed by atoms with E-state index in [-0.39, 0.29) is 5.97 Å². The van der Waals surface area contributed by atoms with Gasteiger partial charge in [0.2, 0.25) is 0 Å². The minimum absolute atomic E-state index is 0.141. The summed E-state index contributed by atoms with van der Waals surface area (Å²) in [7, 11) is 3.23. The summed E-state index contributed by atoms with van der Waals surface area (Å²) in [6.45, 7) is 5.04. The molecule has 0 amide bonds. The van der Waals surface area contributed by atoms with Crippen molar-refractivity contribution >= 4 is 23.1 Å². The topological polar surface area (TPSA) is 54.8 Å². The maximum atomic E-state index is 11.5. The Bertz CT molecular complexity index is 803. The third kappa shape index (κ3) is 4.10. The third-order valence-corrected chi connectivity index (χ3v) is 5.14. The molecule has 1 aliphatic heterocycles. The van der Waals surface area contributed by atoms with Crippen LogP contribution in [-0.2, 0) is 9.53 Å². The highest BCUT2D eigenvalue weighted by Gasteiger charge is 2.27. The molecule has 5 heteroatoms. The maximum Gasteiger partial charge on any atom is 0.306 e. The van der Waals surface area contributed by atoms with Gasteiger partial charge in [0.1, 0.15) is 0 Å². The predicted octanol–water partition coefficient (Wildman–Crippen LogP) is 3.27. The molecule has 138 valence electrons. The van der Waals surface area contributed by atoms with Gasteiger partial charge >= 0.3 is 5.97 Å². The van der Waals surface area contributed by atoms with E-state index in [1.54, 1.807) is 7.05 Å². The Morgan fingerprint density at radius 3 is 3.00 bits per heavy atom. The number of methoxy groups -OCH3 is 1. The van der Waals surface area contributed by atoms with Crippen LogP contribution in [0, 0.1) is 5.92 Å². The molecule has 0 aliphatic carbocycles. The Labute approximate surface area is 155 Å². The lowest BCUT2D eigenvalue weighted by Gasteiger charge is -2.37. The second kappa shape index (κ2) is 8.41. The normalized spacial score (nSPS) is 21.3. The number of ether oxygens (including phenoxy) is 1. The zero-order valence-corrected chi connectivity index (χ0v) is 15.8. The van der Waals surface area contributed by atoms with Gasteiger partial charge in [0.05, 0.1) is 19.0 Å². The second-order valence-corrected chi connectivity index (χ2v) is 7.15. The molecule has 26 heavy (non-hydrogen) atoms. The van der Waals surface area contributed by atoms with Gasteiger partial charge in [-0.15, -0.1) is 0 Å². The summed E-state index contributed by atoms with van der Waals surface area (Å²) < 4.78 is 4.79. The number of aliphatic imine (C=N–C) groups is 1. The van der Waals surface area contributed by atoms with Crippen molar-refractivity contribution in [1.29, 1.82) is 0 Å². The predicted molar refractivity (Wildman–Crippen MR) is 105 cm³/mol. The first-order valence-electron chi connectivity index (χ1n) is 9.21.